The summed E-state index contributed by atoms with van der Waals surface area (Å²) in [6.07, 6.45) is 0.767. The summed E-state index contributed by atoms with van der Waals surface area (Å²) in [5.41, 5.74) is 4.78. The lowest BCUT2D eigenvalue weighted by Gasteiger charge is -2.35. The van der Waals surface area contributed by atoms with E-state index in [-0.39, 0.29) is 25.1 Å². The molecule has 1 saturated heterocycles. The van der Waals surface area contributed by atoms with Gasteiger partial charge >= 0.3 is 0 Å². The average Bonchev–Trinajstić information content (AvgIpc) is 2.67. The molecule has 1 aliphatic heterocycles. The van der Waals surface area contributed by atoms with Gasteiger partial charge in [-0.25, -0.2) is 0 Å². The SMILES string of the molecule is Cc1cc([C@@H](CCO)N2CCNCC2)cc(C)c1OCc1ccccc1.Cl. The molecule has 1 heterocycles. The zero-order valence-electron chi connectivity index (χ0n) is 16.3. The van der Waals surface area contributed by atoms with Crippen LogP contribution in [-0.4, -0.2) is 42.8 Å². The summed E-state index contributed by atoms with van der Waals surface area (Å²) in [6, 6.07) is 15.0. The van der Waals surface area contributed by atoms with Crippen molar-refractivity contribution in [3.05, 3.63) is 64.7 Å². The highest BCUT2D eigenvalue weighted by atomic mass is 35.5. The highest BCUT2D eigenvalue weighted by Gasteiger charge is 2.23. The fourth-order valence-electron chi connectivity index (χ4n) is 3.81. The lowest BCUT2D eigenvalue weighted by atomic mass is 9.96. The van der Waals surface area contributed by atoms with Gasteiger partial charge in [0.05, 0.1) is 0 Å². The average molecular weight is 391 g/mol. The Morgan fingerprint density at radius 2 is 1.70 bits per heavy atom. The van der Waals surface area contributed by atoms with Crippen molar-refractivity contribution in [3.63, 3.8) is 0 Å². The molecule has 0 aliphatic carbocycles. The van der Waals surface area contributed by atoms with E-state index in [0.29, 0.717) is 6.61 Å². The molecule has 0 unspecified atom stereocenters. The maximum absolute atomic E-state index is 9.57. The molecule has 3 rings (SSSR count). The van der Waals surface area contributed by atoms with E-state index in [1.54, 1.807) is 0 Å². The number of nitrogens with one attached hydrogen (secondary N) is 1. The Balaban J connectivity index is 0.00000261. The molecule has 0 amide bonds. The molecule has 1 fully saturated rings. The van der Waals surface area contributed by atoms with Gasteiger partial charge in [0.15, 0.2) is 0 Å². The van der Waals surface area contributed by atoms with Crippen LogP contribution in [0.3, 0.4) is 0 Å². The number of aliphatic hydroxyl groups is 1. The first kappa shape index (κ1) is 21.7. The molecule has 1 atom stereocenters. The van der Waals surface area contributed by atoms with Crippen LogP contribution in [0.15, 0.2) is 42.5 Å². The van der Waals surface area contributed by atoms with Gasteiger partial charge in [0.25, 0.3) is 0 Å². The van der Waals surface area contributed by atoms with E-state index in [4.69, 9.17) is 4.74 Å². The van der Waals surface area contributed by atoms with Gasteiger partial charge in [0.1, 0.15) is 12.4 Å². The second-order valence-corrected chi connectivity index (χ2v) is 7.07. The van der Waals surface area contributed by atoms with Gasteiger partial charge < -0.3 is 15.2 Å². The quantitative estimate of drug-likeness (QED) is 0.757. The van der Waals surface area contributed by atoms with E-state index < -0.39 is 0 Å². The van der Waals surface area contributed by atoms with Crippen LogP contribution in [0.2, 0.25) is 0 Å². The molecule has 1 aliphatic rings. The smallest absolute Gasteiger partial charge is 0.125 e. The number of ether oxygens (including phenoxy) is 1. The highest BCUT2D eigenvalue weighted by Crippen LogP contribution is 2.32. The van der Waals surface area contributed by atoms with Crippen LogP contribution in [0.4, 0.5) is 0 Å². The number of piperazine rings is 1. The second kappa shape index (κ2) is 10.7. The third kappa shape index (κ3) is 5.69. The monoisotopic (exact) mass is 390 g/mol. The van der Waals surface area contributed by atoms with Crippen molar-refractivity contribution in [1.82, 2.24) is 10.2 Å². The summed E-state index contributed by atoms with van der Waals surface area (Å²) in [5, 5.41) is 13.0. The molecule has 148 valence electrons. The number of rotatable bonds is 7. The number of halogens is 1. The summed E-state index contributed by atoms with van der Waals surface area (Å²) in [5.74, 6) is 0.973. The number of benzene rings is 2. The molecule has 0 saturated carbocycles. The Kier molecular flexibility index (Phi) is 8.58. The largest absolute Gasteiger partial charge is 0.488 e. The standard InChI is InChI=1S/C22H30N2O2.ClH/c1-17-14-20(21(8-13-25)24-11-9-23-10-12-24)15-18(2)22(17)26-16-19-6-4-3-5-7-19;/h3-7,14-15,21,23,25H,8-13,16H2,1-2H3;1H/t21-;/m1./s1. The van der Waals surface area contributed by atoms with Crippen molar-refractivity contribution in [1.29, 1.82) is 0 Å². The van der Waals surface area contributed by atoms with E-state index in [9.17, 15) is 5.11 Å². The topological polar surface area (TPSA) is 44.7 Å². The van der Waals surface area contributed by atoms with Gasteiger partial charge in [0.2, 0.25) is 0 Å². The summed E-state index contributed by atoms with van der Waals surface area (Å²) in [6.45, 7) is 9.09. The van der Waals surface area contributed by atoms with Crippen LogP contribution in [0.5, 0.6) is 5.75 Å². The number of aryl methyl sites for hydroxylation is 2. The Bertz CT molecular complexity index is 680. The molecule has 0 spiro atoms. The van der Waals surface area contributed by atoms with Crippen molar-refractivity contribution in [2.24, 2.45) is 0 Å². The Hall–Kier alpha value is -1.59. The van der Waals surface area contributed by atoms with Crippen LogP contribution in [0, 0.1) is 13.8 Å². The first-order valence-electron chi connectivity index (χ1n) is 9.52. The molecule has 4 nitrogen and oxygen atoms in total. The summed E-state index contributed by atoms with van der Waals surface area (Å²) in [7, 11) is 0. The van der Waals surface area contributed by atoms with Crippen LogP contribution in [0.1, 0.15) is 34.7 Å². The first-order valence-corrected chi connectivity index (χ1v) is 9.52. The van der Waals surface area contributed by atoms with Gasteiger partial charge in [-0.3, -0.25) is 4.90 Å². The number of aliphatic hydroxyl groups excluding tert-OH is 1. The van der Waals surface area contributed by atoms with Gasteiger partial charge in [-0.15, -0.1) is 12.4 Å². The predicted molar refractivity (Wildman–Crippen MR) is 113 cm³/mol. The zero-order valence-corrected chi connectivity index (χ0v) is 17.1. The Labute approximate surface area is 169 Å². The molecule has 0 radical (unpaired) electrons. The summed E-state index contributed by atoms with van der Waals surface area (Å²) >= 11 is 0. The summed E-state index contributed by atoms with van der Waals surface area (Å²) < 4.78 is 6.12. The minimum absolute atomic E-state index is 0. The van der Waals surface area contributed by atoms with Crippen LogP contribution in [0.25, 0.3) is 0 Å². The first-order chi connectivity index (χ1) is 12.7. The van der Waals surface area contributed by atoms with Crippen LogP contribution < -0.4 is 10.1 Å². The van der Waals surface area contributed by atoms with Crippen molar-refractivity contribution < 1.29 is 9.84 Å². The maximum atomic E-state index is 9.57. The summed E-state index contributed by atoms with van der Waals surface area (Å²) in [4.78, 5) is 2.48. The fourth-order valence-corrected chi connectivity index (χ4v) is 3.81. The lowest BCUT2D eigenvalue weighted by Crippen LogP contribution is -2.45. The van der Waals surface area contributed by atoms with Crippen molar-refractivity contribution >= 4 is 12.4 Å². The van der Waals surface area contributed by atoms with Crippen LogP contribution >= 0.6 is 12.4 Å². The number of hydrogen-bond donors (Lipinski definition) is 2. The second-order valence-electron chi connectivity index (χ2n) is 7.07. The predicted octanol–water partition coefficient (Wildman–Crippen LogP) is 3.63. The van der Waals surface area contributed by atoms with Gasteiger partial charge in [-0.1, -0.05) is 42.5 Å². The number of nitrogens with zero attached hydrogens (tertiary/aromatic N) is 1. The molecule has 27 heavy (non-hydrogen) atoms. The molecule has 2 aromatic carbocycles. The van der Waals surface area contributed by atoms with E-state index in [0.717, 1.165) is 49.5 Å². The molecular weight excluding hydrogens is 360 g/mol. The van der Waals surface area contributed by atoms with Crippen molar-refractivity contribution in [2.45, 2.75) is 32.9 Å². The van der Waals surface area contributed by atoms with E-state index >= 15 is 0 Å². The molecular formula is C22H31ClN2O2. The highest BCUT2D eigenvalue weighted by molar-refractivity contribution is 5.85. The van der Waals surface area contributed by atoms with Crippen molar-refractivity contribution in [3.8, 4) is 5.75 Å². The third-order valence-corrected chi connectivity index (χ3v) is 5.09. The van der Waals surface area contributed by atoms with Gasteiger partial charge in [0, 0.05) is 38.8 Å². The zero-order chi connectivity index (χ0) is 18.4. The Morgan fingerprint density at radius 3 is 2.30 bits per heavy atom. The normalized spacial score (nSPS) is 15.8. The lowest BCUT2D eigenvalue weighted by molar-refractivity contribution is 0.141. The van der Waals surface area contributed by atoms with E-state index in [1.165, 1.54) is 11.1 Å². The molecule has 2 aromatic rings. The van der Waals surface area contributed by atoms with Gasteiger partial charge in [-0.2, -0.15) is 0 Å². The van der Waals surface area contributed by atoms with E-state index in [1.807, 2.05) is 18.2 Å². The third-order valence-electron chi connectivity index (χ3n) is 5.09. The molecule has 0 aromatic heterocycles. The number of hydrogen-bond acceptors (Lipinski definition) is 4. The van der Waals surface area contributed by atoms with E-state index in [2.05, 4.69) is 48.3 Å². The maximum Gasteiger partial charge on any atom is 0.125 e. The molecule has 0 bridgehead atoms. The van der Waals surface area contributed by atoms with Gasteiger partial charge in [-0.05, 0) is 42.5 Å². The minimum Gasteiger partial charge on any atom is -0.488 e. The van der Waals surface area contributed by atoms with Crippen molar-refractivity contribution in [2.75, 3.05) is 32.8 Å². The fraction of sp³-hybridized carbons (Fsp3) is 0.455. The molecule has 5 heteroatoms. The Morgan fingerprint density at radius 1 is 1.07 bits per heavy atom. The van der Waals surface area contributed by atoms with Crippen LogP contribution in [-0.2, 0) is 6.61 Å². The molecule has 2 N–H and O–H groups in total. The minimum atomic E-state index is 0.